The van der Waals surface area contributed by atoms with E-state index >= 15 is 0 Å². The molecule has 2 rings (SSSR count). The number of fused-ring (bicyclic) bond motifs is 1. The van der Waals surface area contributed by atoms with Gasteiger partial charge in [-0.15, -0.1) is 0 Å². The third-order valence-electron chi connectivity index (χ3n) is 2.66. The van der Waals surface area contributed by atoms with Crippen LogP contribution in [0.4, 0.5) is 8.78 Å². The Labute approximate surface area is 85.5 Å². The number of para-hydroxylation sites is 1. The fraction of sp³-hybridized carbons (Fsp3) is 0.400. The van der Waals surface area contributed by atoms with Crippen LogP contribution in [-0.4, -0.2) is 24.5 Å². The molecule has 0 aliphatic carbocycles. The normalized spacial score (nSPS) is 29.5. The van der Waals surface area contributed by atoms with Crippen LogP contribution in [0.2, 0.25) is 0 Å². The summed E-state index contributed by atoms with van der Waals surface area (Å²) in [6.07, 6.45) is -1.54. The molecule has 1 aliphatic rings. The van der Waals surface area contributed by atoms with Gasteiger partial charge in [0.1, 0.15) is 12.1 Å². The molecule has 1 aromatic rings. The van der Waals surface area contributed by atoms with Gasteiger partial charge in [-0.05, 0) is 6.07 Å². The van der Waals surface area contributed by atoms with E-state index in [-0.39, 0.29) is 17.9 Å². The lowest BCUT2D eigenvalue weighted by atomic mass is 9.85. The minimum Gasteiger partial charge on any atom is -0.487 e. The van der Waals surface area contributed by atoms with Crippen LogP contribution in [-0.2, 0) is 5.54 Å². The zero-order valence-electron chi connectivity index (χ0n) is 7.91. The first-order chi connectivity index (χ1) is 7.09. The van der Waals surface area contributed by atoms with Crippen molar-refractivity contribution in [2.24, 2.45) is 5.73 Å². The number of hydrogen-bond donors (Lipinski definition) is 2. The number of halogens is 2. The third-order valence-corrected chi connectivity index (χ3v) is 2.66. The Kier molecular flexibility index (Phi) is 2.36. The van der Waals surface area contributed by atoms with E-state index in [1.165, 1.54) is 18.2 Å². The van der Waals surface area contributed by atoms with Crippen LogP contribution < -0.4 is 10.5 Å². The first-order valence-electron chi connectivity index (χ1n) is 4.55. The molecule has 82 valence electrons. The molecular weight excluding hydrogens is 204 g/mol. The molecule has 3 nitrogen and oxygen atoms in total. The second-order valence-electron chi connectivity index (χ2n) is 3.59. The van der Waals surface area contributed by atoms with E-state index in [0.717, 1.165) is 0 Å². The van der Waals surface area contributed by atoms with Gasteiger partial charge in [-0.3, -0.25) is 0 Å². The highest BCUT2D eigenvalue weighted by Crippen LogP contribution is 2.37. The van der Waals surface area contributed by atoms with Crippen LogP contribution >= 0.6 is 0 Å². The minimum absolute atomic E-state index is 0.0667. The van der Waals surface area contributed by atoms with Crippen molar-refractivity contribution < 1.29 is 18.6 Å². The number of hydrogen-bond acceptors (Lipinski definition) is 3. The van der Waals surface area contributed by atoms with Crippen LogP contribution in [0.25, 0.3) is 0 Å². The Bertz CT molecular complexity index is 386. The van der Waals surface area contributed by atoms with Crippen LogP contribution in [0.1, 0.15) is 5.56 Å². The summed E-state index contributed by atoms with van der Waals surface area (Å²) >= 11 is 0. The van der Waals surface area contributed by atoms with Crippen molar-refractivity contribution in [2.75, 3.05) is 13.2 Å². The Morgan fingerprint density at radius 3 is 3.00 bits per heavy atom. The number of nitrogens with two attached hydrogens (primary N) is 1. The van der Waals surface area contributed by atoms with E-state index in [4.69, 9.17) is 15.6 Å². The number of ether oxygens (including phenoxy) is 1. The summed E-state index contributed by atoms with van der Waals surface area (Å²) in [6, 6.07) is 4.07. The molecule has 0 bridgehead atoms. The first kappa shape index (κ1) is 10.3. The number of rotatable bonds is 1. The second-order valence-corrected chi connectivity index (χ2v) is 3.59. The molecule has 1 unspecified atom stereocenters. The lowest BCUT2D eigenvalue weighted by Gasteiger charge is -2.36. The smallest absolute Gasteiger partial charge is 0.165 e. The van der Waals surface area contributed by atoms with Crippen molar-refractivity contribution in [1.29, 1.82) is 0 Å². The molecule has 3 N–H and O–H groups in total. The summed E-state index contributed by atoms with van der Waals surface area (Å²) in [5.74, 6) is -0.661. The highest BCUT2D eigenvalue weighted by Gasteiger charge is 2.43. The van der Waals surface area contributed by atoms with Crippen molar-refractivity contribution in [2.45, 2.75) is 11.7 Å². The van der Waals surface area contributed by atoms with E-state index in [0.29, 0.717) is 0 Å². The van der Waals surface area contributed by atoms with Gasteiger partial charge in [0, 0.05) is 5.56 Å². The zero-order valence-corrected chi connectivity index (χ0v) is 7.91. The van der Waals surface area contributed by atoms with Crippen LogP contribution in [0, 0.1) is 5.82 Å². The summed E-state index contributed by atoms with van der Waals surface area (Å²) in [5, 5.41) is 9.12. The van der Waals surface area contributed by atoms with Gasteiger partial charge in [-0.1, -0.05) is 12.1 Å². The molecule has 0 amide bonds. The highest BCUT2D eigenvalue weighted by atomic mass is 19.1. The van der Waals surface area contributed by atoms with Gasteiger partial charge in [-0.25, -0.2) is 8.78 Å². The van der Waals surface area contributed by atoms with Gasteiger partial charge in [0.05, 0.1) is 6.61 Å². The lowest BCUT2D eigenvalue weighted by molar-refractivity contribution is 0.0452. The van der Waals surface area contributed by atoms with Crippen LogP contribution in [0.5, 0.6) is 5.75 Å². The van der Waals surface area contributed by atoms with E-state index < -0.39 is 24.1 Å². The van der Waals surface area contributed by atoms with Gasteiger partial charge < -0.3 is 15.6 Å². The van der Waals surface area contributed by atoms with Gasteiger partial charge in [0.15, 0.2) is 17.7 Å². The van der Waals surface area contributed by atoms with Crippen molar-refractivity contribution in [3.8, 4) is 5.75 Å². The molecule has 5 heteroatoms. The first-order valence-corrected chi connectivity index (χ1v) is 4.55. The molecule has 1 heterocycles. The maximum Gasteiger partial charge on any atom is 0.165 e. The largest absolute Gasteiger partial charge is 0.487 e. The second kappa shape index (κ2) is 3.43. The fourth-order valence-electron chi connectivity index (χ4n) is 1.68. The van der Waals surface area contributed by atoms with Crippen molar-refractivity contribution >= 4 is 0 Å². The van der Waals surface area contributed by atoms with Gasteiger partial charge in [0.2, 0.25) is 0 Å². The highest BCUT2D eigenvalue weighted by molar-refractivity contribution is 5.43. The Balaban J connectivity index is 2.58. The lowest BCUT2D eigenvalue weighted by Crippen LogP contribution is -2.54. The minimum atomic E-state index is -1.57. The van der Waals surface area contributed by atoms with Crippen molar-refractivity contribution in [1.82, 2.24) is 0 Å². The molecule has 0 fully saturated rings. The summed E-state index contributed by atoms with van der Waals surface area (Å²) in [6.45, 7) is -0.932. The van der Waals surface area contributed by atoms with Crippen molar-refractivity contribution in [3.63, 3.8) is 0 Å². The fourth-order valence-corrected chi connectivity index (χ4v) is 1.68. The number of aliphatic hydroxyl groups is 1. The third kappa shape index (κ3) is 1.39. The quantitative estimate of drug-likeness (QED) is 0.725. The topological polar surface area (TPSA) is 55.5 Å². The maximum absolute atomic E-state index is 13.5. The molecular formula is C10H11F2NO2. The van der Waals surface area contributed by atoms with E-state index in [9.17, 15) is 8.78 Å². The molecule has 0 saturated carbocycles. The Hall–Kier alpha value is -1.20. The average molecular weight is 215 g/mol. The zero-order chi connectivity index (χ0) is 11.1. The molecule has 1 aromatic carbocycles. The van der Waals surface area contributed by atoms with Crippen LogP contribution in [0.3, 0.4) is 0 Å². The summed E-state index contributed by atoms with van der Waals surface area (Å²) in [4.78, 5) is 0. The van der Waals surface area contributed by atoms with Gasteiger partial charge >= 0.3 is 0 Å². The molecule has 0 saturated heterocycles. The van der Waals surface area contributed by atoms with Crippen molar-refractivity contribution in [3.05, 3.63) is 29.6 Å². The van der Waals surface area contributed by atoms with E-state index in [1.807, 2.05) is 0 Å². The number of aliphatic hydroxyl groups excluding tert-OH is 1. The molecule has 2 atom stereocenters. The molecule has 0 aromatic heterocycles. The van der Waals surface area contributed by atoms with E-state index in [1.54, 1.807) is 0 Å². The van der Waals surface area contributed by atoms with Gasteiger partial charge in [-0.2, -0.15) is 0 Å². The number of alkyl halides is 1. The molecule has 0 spiro atoms. The monoisotopic (exact) mass is 215 g/mol. The van der Waals surface area contributed by atoms with Crippen LogP contribution in [0.15, 0.2) is 18.2 Å². The van der Waals surface area contributed by atoms with Gasteiger partial charge in [0.25, 0.3) is 0 Å². The average Bonchev–Trinajstić information content (AvgIpc) is 2.24. The Morgan fingerprint density at radius 2 is 2.33 bits per heavy atom. The standard InChI is InChI=1S/C10H11F2NO2/c11-7-3-1-2-6-9(7)15-4-8(12)10(6,13)5-14/h1-3,8,14H,4-5,13H2/t8?,10-/m1/s1. The summed E-state index contributed by atoms with van der Waals surface area (Å²) in [5.41, 5.74) is 4.31. The molecule has 1 aliphatic heterocycles. The Morgan fingerprint density at radius 1 is 1.60 bits per heavy atom. The SMILES string of the molecule is N[C@]1(CO)c2cccc(F)c2OCC1F. The molecule has 15 heavy (non-hydrogen) atoms. The number of benzene rings is 1. The predicted octanol–water partition coefficient (Wildman–Crippen LogP) is 0.703. The van der Waals surface area contributed by atoms with E-state index in [2.05, 4.69) is 0 Å². The molecule has 0 radical (unpaired) electrons. The maximum atomic E-state index is 13.5. The predicted molar refractivity (Wildman–Crippen MR) is 49.7 cm³/mol. The summed E-state index contributed by atoms with van der Waals surface area (Å²) in [7, 11) is 0. The summed E-state index contributed by atoms with van der Waals surface area (Å²) < 4.78 is 31.7.